The van der Waals surface area contributed by atoms with Crippen LogP contribution < -0.4 is 16.4 Å². The molecular formula is C21H24N8. The van der Waals surface area contributed by atoms with E-state index in [1.165, 1.54) is 0 Å². The van der Waals surface area contributed by atoms with Gasteiger partial charge in [0.2, 0.25) is 0 Å². The molecular weight excluding hydrogens is 364 g/mol. The minimum absolute atomic E-state index is 0.410. The minimum Gasteiger partial charge on any atom is -0.404 e. The summed E-state index contributed by atoms with van der Waals surface area (Å²) in [6.45, 7) is 2.00. The normalized spacial score (nSPS) is 20.0. The van der Waals surface area contributed by atoms with E-state index in [9.17, 15) is 0 Å². The number of allylic oxidation sites excluding steroid dienone is 1. The fourth-order valence-electron chi connectivity index (χ4n) is 3.45. The molecule has 1 saturated carbocycles. The van der Waals surface area contributed by atoms with Gasteiger partial charge in [-0.1, -0.05) is 6.07 Å². The van der Waals surface area contributed by atoms with Crippen molar-refractivity contribution in [3.05, 3.63) is 48.4 Å². The van der Waals surface area contributed by atoms with E-state index in [1.54, 1.807) is 12.4 Å². The summed E-state index contributed by atoms with van der Waals surface area (Å²) in [5.74, 6) is 0.862. The highest BCUT2D eigenvalue weighted by Gasteiger charge is 2.19. The molecule has 8 heteroatoms. The number of anilines is 1. The monoisotopic (exact) mass is 388 g/mol. The van der Waals surface area contributed by atoms with Crippen LogP contribution in [0.2, 0.25) is 0 Å². The van der Waals surface area contributed by atoms with E-state index in [4.69, 9.17) is 15.8 Å². The second kappa shape index (κ2) is 7.63. The van der Waals surface area contributed by atoms with Crippen molar-refractivity contribution in [2.24, 2.45) is 10.7 Å². The Labute approximate surface area is 169 Å². The summed E-state index contributed by atoms with van der Waals surface area (Å²) in [6, 6.07) is 10.7. The van der Waals surface area contributed by atoms with E-state index < -0.39 is 0 Å². The molecule has 4 heterocycles. The van der Waals surface area contributed by atoms with Gasteiger partial charge < -0.3 is 16.4 Å². The number of fused-ring (bicyclic) bond motifs is 1. The maximum absolute atomic E-state index is 5.83. The maximum atomic E-state index is 5.83. The number of nitrogens with one attached hydrogen (secondary N) is 2. The average Bonchev–Trinajstić information content (AvgIpc) is 3.25. The summed E-state index contributed by atoms with van der Waals surface area (Å²) in [4.78, 5) is 13.8. The van der Waals surface area contributed by atoms with Crippen LogP contribution in [0.1, 0.15) is 25.0 Å². The van der Waals surface area contributed by atoms with Gasteiger partial charge >= 0.3 is 0 Å². The number of imidazole rings is 1. The Morgan fingerprint density at radius 2 is 2.17 bits per heavy atom. The van der Waals surface area contributed by atoms with Crippen molar-refractivity contribution >= 4 is 23.3 Å². The summed E-state index contributed by atoms with van der Waals surface area (Å²) in [6.07, 6.45) is 8.58. The Morgan fingerprint density at radius 1 is 1.24 bits per heavy atom. The molecule has 1 atom stereocenters. The molecule has 1 saturated heterocycles. The Balaban J connectivity index is 1.47. The molecule has 0 radical (unpaired) electrons. The highest BCUT2D eigenvalue weighted by Crippen LogP contribution is 2.24. The number of pyridine rings is 1. The predicted octanol–water partition coefficient (Wildman–Crippen LogP) is 2.10. The molecule has 2 fully saturated rings. The van der Waals surface area contributed by atoms with Crippen LogP contribution >= 0.6 is 0 Å². The molecule has 1 aliphatic carbocycles. The van der Waals surface area contributed by atoms with Crippen molar-refractivity contribution in [1.82, 2.24) is 24.9 Å². The standard InChI is InChI=1S/C21H24N8/c22-10-14(11-24-15-4-5-15)17-6-7-21-25-13-19(29(21)28-17)18-2-1-3-20(27-18)26-16-8-9-23-12-16/h1-3,6-7,10-11,13,15-16,23H,4-5,8-9,12,22H2,(H,26,27)/b14-10+,24-11?. The number of nitrogens with two attached hydrogens (primary N) is 1. The molecule has 1 aliphatic heterocycles. The zero-order valence-electron chi connectivity index (χ0n) is 16.1. The maximum Gasteiger partial charge on any atom is 0.154 e. The molecule has 0 aromatic carbocycles. The lowest BCUT2D eigenvalue weighted by Crippen LogP contribution is -2.22. The lowest BCUT2D eigenvalue weighted by Gasteiger charge is -2.12. The van der Waals surface area contributed by atoms with Gasteiger partial charge in [-0.25, -0.2) is 14.5 Å². The number of hydrogen-bond donors (Lipinski definition) is 3. The second-order valence-corrected chi connectivity index (χ2v) is 7.51. The SMILES string of the molecule is N/C=C(\C=NC1CC1)c1ccc2ncc(-c3cccc(NC4CCNC4)n3)n2n1. The third kappa shape index (κ3) is 3.84. The molecule has 1 unspecified atom stereocenters. The van der Waals surface area contributed by atoms with E-state index in [-0.39, 0.29) is 0 Å². The first-order valence-corrected chi connectivity index (χ1v) is 10.0. The molecule has 29 heavy (non-hydrogen) atoms. The molecule has 8 nitrogen and oxygen atoms in total. The molecule has 0 spiro atoms. The van der Waals surface area contributed by atoms with Crippen molar-refractivity contribution in [3.8, 4) is 11.4 Å². The van der Waals surface area contributed by atoms with Crippen molar-refractivity contribution < 1.29 is 0 Å². The minimum atomic E-state index is 0.410. The molecule has 148 valence electrons. The average molecular weight is 388 g/mol. The van der Waals surface area contributed by atoms with E-state index in [0.29, 0.717) is 12.1 Å². The van der Waals surface area contributed by atoms with Gasteiger partial charge in [0.1, 0.15) is 11.5 Å². The largest absolute Gasteiger partial charge is 0.404 e. The number of hydrogen-bond acceptors (Lipinski definition) is 7. The Kier molecular flexibility index (Phi) is 4.69. The first-order valence-electron chi connectivity index (χ1n) is 10.0. The summed E-state index contributed by atoms with van der Waals surface area (Å²) in [5, 5.41) is 11.6. The van der Waals surface area contributed by atoms with Crippen LogP contribution in [-0.4, -0.2) is 51.0 Å². The molecule has 2 aliphatic rings. The summed E-state index contributed by atoms with van der Waals surface area (Å²) < 4.78 is 1.81. The van der Waals surface area contributed by atoms with Crippen LogP contribution in [0.5, 0.6) is 0 Å². The molecule has 0 bridgehead atoms. The van der Waals surface area contributed by atoms with Gasteiger partial charge in [0.25, 0.3) is 0 Å². The molecule has 5 rings (SSSR count). The van der Waals surface area contributed by atoms with E-state index in [0.717, 1.165) is 66.5 Å². The quantitative estimate of drug-likeness (QED) is 0.559. The fourth-order valence-corrected chi connectivity index (χ4v) is 3.45. The van der Waals surface area contributed by atoms with Crippen molar-refractivity contribution in [2.45, 2.75) is 31.3 Å². The third-order valence-electron chi connectivity index (χ3n) is 5.23. The van der Waals surface area contributed by atoms with Crippen LogP contribution in [0.3, 0.4) is 0 Å². The summed E-state index contributed by atoms with van der Waals surface area (Å²) in [5.41, 5.74) is 9.82. The van der Waals surface area contributed by atoms with Crippen LogP contribution in [0.25, 0.3) is 22.6 Å². The van der Waals surface area contributed by atoms with E-state index in [1.807, 2.05) is 41.1 Å². The lowest BCUT2D eigenvalue weighted by atomic mass is 10.2. The van der Waals surface area contributed by atoms with Gasteiger partial charge in [-0.3, -0.25) is 4.99 Å². The van der Waals surface area contributed by atoms with Crippen molar-refractivity contribution in [3.63, 3.8) is 0 Å². The van der Waals surface area contributed by atoms with Gasteiger partial charge in [0.15, 0.2) is 5.65 Å². The Hall–Kier alpha value is -3.26. The number of rotatable bonds is 6. The highest BCUT2D eigenvalue weighted by atomic mass is 15.3. The zero-order valence-corrected chi connectivity index (χ0v) is 16.1. The zero-order chi connectivity index (χ0) is 19.6. The van der Waals surface area contributed by atoms with Crippen molar-refractivity contribution in [1.29, 1.82) is 0 Å². The Morgan fingerprint density at radius 3 is 2.97 bits per heavy atom. The Bertz CT molecular complexity index is 1070. The number of aliphatic imine (C=N–C) groups is 1. The molecule has 3 aromatic rings. The highest BCUT2D eigenvalue weighted by molar-refractivity contribution is 6.08. The van der Waals surface area contributed by atoms with Gasteiger partial charge in [-0.05, 0) is 50.1 Å². The fraction of sp³-hybridized carbons (Fsp3) is 0.333. The molecule has 4 N–H and O–H groups in total. The van der Waals surface area contributed by atoms with E-state index >= 15 is 0 Å². The lowest BCUT2D eigenvalue weighted by molar-refractivity contribution is 0.788. The van der Waals surface area contributed by atoms with E-state index in [2.05, 4.69) is 20.6 Å². The predicted molar refractivity (Wildman–Crippen MR) is 115 cm³/mol. The van der Waals surface area contributed by atoms with Gasteiger partial charge in [-0.2, -0.15) is 5.10 Å². The smallest absolute Gasteiger partial charge is 0.154 e. The third-order valence-corrected chi connectivity index (χ3v) is 5.23. The number of nitrogens with zero attached hydrogens (tertiary/aromatic N) is 5. The molecule has 0 amide bonds. The van der Waals surface area contributed by atoms with Gasteiger partial charge in [0.05, 0.1) is 23.6 Å². The van der Waals surface area contributed by atoms with Crippen LogP contribution in [0.4, 0.5) is 5.82 Å². The van der Waals surface area contributed by atoms with Crippen LogP contribution in [-0.2, 0) is 0 Å². The van der Waals surface area contributed by atoms with Crippen LogP contribution in [0.15, 0.2) is 47.7 Å². The number of aromatic nitrogens is 4. The first kappa shape index (κ1) is 17.8. The first-order chi connectivity index (χ1) is 14.3. The summed E-state index contributed by atoms with van der Waals surface area (Å²) >= 11 is 0. The second-order valence-electron chi connectivity index (χ2n) is 7.51. The van der Waals surface area contributed by atoms with Gasteiger partial charge in [-0.15, -0.1) is 0 Å². The van der Waals surface area contributed by atoms with Gasteiger partial charge in [0, 0.05) is 30.6 Å². The molecule has 3 aromatic heterocycles. The van der Waals surface area contributed by atoms with Crippen LogP contribution in [0, 0.1) is 0 Å². The summed E-state index contributed by atoms with van der Waals surface area (Å²) in [7, 11) is 0. The van der Waals surface area contributed by atoms with Crippen molar-refractivity contribution in [2.75, 3.05) is 18.4 Å². The topological polar surface area (TPSA) is 106 Å².